The van der Waals surface area contributed by atoms with Crippen molar-refractivity contribution < 1.29 is 8.42 Å². The molecule has 0 unspecified atom stereocenters. The number of benzene rings is 1. The Morgan fingerprint density at radius 3 is 2.35 bits per heavy atom. The standard InChI is InChI=1S/C15H24N2O2S/c1-12(2)14-5-3-13(4-6-14)11-17-20(18,19)15-7-9-16-10-8-15/h3-6,12,15-17H,7-11H2,1-2H3. The largest absolute Gasteiger partial charge is 0.317 e. The van der Waals surface area contributed by atoms with E-state index in [4.69, 9.17) is 0 Å². The second kappa shape index (κ2) is 6.70. The lowest BCUT2D eigenvalue weighted by Crippen LogP contribution is -2.41. The summed E-state index contributed by atoms with van der Waals surface area (Å²) in [6.45, 7) is 6.25. The van der Waals surface area contributed by atoms with Gasteiger partial charge in [0.15, 0.2) is 0 Å². The van der Waals surface area contributed by atoms with Crippen molar-refractivity contribution in [3.63, 3.8) is 0 Å². The molecule has 112 valence electrons. The molecule has 1 aromatic carbocycles. The van der Waals surface area contributed by atoms with Crippen LogP contribution in [0.2, 0.25) is 0 Å². The number of rotatable bonds is 5. The van der Waals surface area contributed by atoms with Gasteiger partial charge in [-0.25, -0.2) is 13.1 Å². The molecule has 0 atom stereocenters. The van der Waals surface area contributed by atoms with Gasteiger partial charge < -0.3 is 5.32 Å². The van der Waals surface area contributed by atoms with E-state index in [1.54, 1.807) is 0 Å². The highest BCUT2D eigenvalue weighted by Gasteiger charge is 2.26. The van der Waals surface area contributed by atoms with Gasteiger partial charge in [-0.2, -0.15) is 0 Å². The summed E-state index contributed by atoms with van der Waals surface area (Å²) in [7, 11) is -3.20. The lowest BCUT2D eigenvalue weighted by molar-refractivity contribution is 0.489. The van der Waals surface area contributed by atoms with Crippen molar-refractivity contribution in [2.75, 3.05) is 13.1 Å². The van der Waals surface area contributed by atoms with Gasteiger partial charge in [0.05, 0.1) is 5.25 Å². The molecule has 1 aliphatic heterocycles. The Morgan fingerprint density at radius 2 is 1.80 bits per heavy atom. The lowest BCUT2D eigenvalue weighted by atomic mass is 10.0. The van der Waals surface area contributed by atoms with Crippen molar-refractivity contribution in [1.29, 1.82) is 0 Å². The first-order valence-electron chi connectivity index (χ1n) is 7.27. The van der Waals surface area contributed by atoms with Gasteiger partial charge in [0.25, 0.3) is 0 Å². The van der Waals surface area contributed by atoms with Gasteiger partial charge in [0, 0.05) is 6.54 Å². The molecule has 0 aliphatic carbocycles. The number of hydrogen-bond acceptors (Lipinski definition) is 3. The number of sulfonamides is 1. The maximum absolute atomic E-state index is 12.2. The Balaban J connectivity index is 1.93. The SMILES string of the molecule is CC(C)c1ccc(CNS(=O)(=O)C2CCNCC2)cc1. The van der Waals surface area contributed by atoms with Crippen LogP contribution in [0.3, 0.4) is 0 Å². The smallest absolute Gasteiger partial charge is 0.214 e. The minimum Gasteiger partial charge on any atom is -0.317 e. The third kappa shape index (κ3) is 4.04. The molecule has 4 nitrogen and oxygen atoms in total. The molecular formula is C15H24N2O2S. The molecule has 2 rings (SSSR count). The zero-order chi connectivity index (χ0) is 14.6. The predicted octanol–water partition coefficient (Wildman–Crippen LogP) is 1.98. The lowest BCUT2D eigenvalue weighted by Gasteiger charge is -2.23. The van der Waals surface area contributed by atoms with Crippen LogP contribution in [-0.4, -0.2) is 26.8 Å². The highest BCUT2D eigenvalue weighted by Crippen LogP contribution is 2.16. The minimum absolute atomic E-state index is 0.251. The fourth-order valence-corrected chi connectivity index (χ4v) is 3.89. The molecule has 20 heavy (non-hydrogen) atoms. The van der Waals surface area contributed by atoms with E-state index < -0.39 is 10.0 Å². The van der Waals surface area contributed by atoms with E-state index in [1.165, 1.54) is 5.56 Å². The summed E-state index contributed by atoms with van der Waals surface area (Å²) in [5, 5.41) is 2.93. The second-order valence-corrected chi connectivity index (χ2v) is 7.76. The van der Waals surface area contributed by atoms with Gasteiger partial charge in [0.1, 0.15) is 0 Å². The van der Waals surface area contributed by atoms with Crippen molar-refractivity contribution in [2.24, 2.45) is 0 Å². The van der Waals surface area contributed by atoms with Crippen LogP contribution in [0.1, 0.15) is 43.7 Å². The predicted molar refractivity (Wildman–Crippen MR) is 82.2 cm³/mol. The van der Waals surface area contributed by atoms with Crippen LogP contribution in [0.4, 0.5) is 0 Å². The van der Waals surface area contributed by atoms with E-state index in [1.807, 2.05) is 12.1 Å². The average molecular weight is 296 g/mol. The van der Waals surface area contributed by atoms with Crippen LogP contribution in [-0.2, 0) is 16.6 Å². The van der Waals surface area contributed by atoms with Crippen molar-refractivity contribution in [3.8, 4) is 0 Å². The van der Waals surface area contributed by atoms with Crippen molar-refractivity contribution >= 4 is 10.0 Å². The molecule has 0 radical (unpaired) electrons. The summed E-state index contributed by atoms with van der Waals surface area (Å²) in [5.74, 6) is 0.496. The van der Waals surface area contributed by atoms with E-state index >= 15 is 0 Å². The van der Waals surface area contributed by atoms with Crippen molar-refractivity contribution in [1.82, 2.24) is 10.0 Å². The molecule has 0 saturated carbocycles. The third-order valence-corrected chi connectivity index (χ3v) is 5.74. The molecule has 1 heterocycles. The molecule has 1 aliphatic rings. The topological polar surface area (TPSA) is 58.2 Å². The Hall–Kier alpha value is -0.910. The quantitative estimate of drug-likeness (QED) is 0.873. The molecule has 1 saturated heterocycles. The Bertz CT molecular complexity index is 517. The molecule has 0 spiro atoms. The van der Waals surface area contributed by atoms with E-state index in [2.05, 4.69) is 36.0 Å². The second-order valence-electron chi connectivity index (χ2n) is 5.71. The van der Waals surface area contributed by atoms with E-state index in [-0.39, 0.29) is 5.25 Å². The fourth-order valence-electron chi connectivity index (χ4n) is 2.43. The zero-order valence-corrected chi connectivity index (χ0v) is 13.0. The molecule has 1 aromatic rings. The monoisotopic (exact) mass is 296 g/mol. The van der Waals surface area contributed by atoms with Crippen LogP contribution in [0, 0.1) is 0 Å². The molecular weight excluding hydrogens is 272 g/mol. The Labute approximate surface area is 122 Å². The summed E-state index contributed by atoms with van der Waals surface area (Å²) in [5.41, 5.74) is 2.28. The first-order chi connectivity index (χ1) is 9.49. The van der Waals surface area contributed by atoms with Gasteiger partial charge in [-0.15, -0.1) is 0 Å². The number of piperidine rings is 1. The third-order valence-electron chi connectivity index (χ3n) is 3.85. The van der Waals surface area contributed by atoms with Gasteiger partial charge >= 0.3 is 0 Å². The van der Waals surface area contributed by atoms with E-state index in [0.717, 1.165) is 18.7 Å². The van der Waals surface area contributed by atoms with E-state index in [0.29, 0.717) is 25.3 Å². The molecule has 5 heteroatoms. The minimum atomic E-state index is -3.20. The van der Waals surface area contributed by atoms with Gasteiger partial charge in [-0.3, -0.25) is 0 Å². The van der Waals surface area contributed by atoms with Crippen LogP contribution in [0.25, 0.3) is 0 Å². The molecule has 0 amide bonds. The van der Waals surface area contributed by atoms with Gasteiger partial charge in [-0.05, 0) is 43.0 Å². The van der Waals surface area contributed by atoms with Crippen LogP contribution in [0.5, 0.6) is 0 Å². The van der Waals surface area contributed by atoms with Crippen LogP contribution < -0.4 is 10.0 Å². The zero-order valence-electron chi connectivity index (χ0n) is 12.2. The molecule has 2 N–H and O–H groups in total. The summed E-state index contributed by atoms with van der Waals surface area (Å²) in [4.78, 5) is 0. The maximum atomic E-state index is 12.2. The molecule has 0 bridgehead atoms. The fraction of sp³-hybridized carbons (Fsp3) is 0.600. The maximum Gasteiger partial charge on any atom is 0.214 e. The number of nitrogens with one attached hydrogen (secondary N) is 2. The van der Waals surface area contributed by atoms with Crippen LogP contribution in [0.15, 0.2) is 24.3 Å². The first kappa shape index (κ1) is 15.5. The first-order valence-corrected chi connectivity index (χ1v) is 8.81. The Kier molecular flexibility index (Phi) is 5.18. The summed E-state index contributed by atoms with van der Waals surface area (Å²) in [6, 6.07) is 8.14. The summed E-state index contributed by atoms with van der Waals surface area (Å²) in [6.07, 6.45) is 1.39. The van der Waals surface area contributed by atoms with Gasteiger partial charge in [0.2, 0.25) is 10.0 Å². The molecule has 1 fully saturated rings. The summed E-state index contributed by atoms with van der Waals surface area (Å²) >= 11 is 0. The van der Waals surface area contributed by atoms with Crippen molar-refractivity contribution in [3.05, 3.63) is 35.4 Å². The van der Waals surface area contributed by atoms with Crippen molar-refractivity contribution in [2.45, 2.75) is 44.4 Å². The highest BCUT2D eigenvalue weighted by molar-refractivity contribution is 7.90. The van der Waals surface area contributed by atoms with E-state index in [9.17, 15) is 8.42 Å². The number of hydrogen-bond donors (Lipinski definition) is 2. The molecule has 0 aromatic heterocycles. The van der Waals surface area contributed by atoms with Gasteiger partial charge in [-0.1, -0.05) is 38.1 Å². The Morgan fingerprint density at radius 1 is 1.20 bits per heavy atom. The summed E-state index contributed by atoms with van der Waals surface area (Å²) < 4.78 is 27.1. The highest BCUT2D eigenvalue weighted by atomic mass is 32.2. The van der Waals surface area contributed by atoms with Crippen LogP contribution >= 0.6 is 0 Å². The normalized spacial score (nSPS) is 17.6. The average Bonchev–Trinajstić information content (AvgIpc) is 2.46.